The van der Waals surface area contributed by atoms with Gasteiger partial charge >= 0.3 is 0 Å². The van der Waals surface area contributed by atoms with E-state index < -0.39 is 0 Å². The Morgan fingerprint density at radius 2 is 1.93 bits per heavy atom. The van der Waals surface area contributed by atoms with Crippen molar-refractivity contribution in [1.29, 1.82) is 0 Å². The number of anilines is 1. The average molecular weight is 399 g/mol. The Kier molecular flexibility index (Phi) is 6.75. The summed E-state index contributed by atoms with van der Waals surface area (Å²) < 4.78 is 0. The largest absolute Gasteiger partial charge is 0.369 e. The third kappa shape index (κ3) is 5.59. The highest BCUT2D eigenvalue weighted by molar-refractivity contribution is 7.99. The van der Waals surface area contributed by atoms with Crippen LogP contribution in [0.25, 0.3) is 0 Å². The predicted molar refractivity (Wildman–Crippen MR) is 113 cm³/mol. The summed E-state index contributed by atoms with van der Waals surface area (Å²) in [5, 5.41) is 2.96. The molecule has 0 radical (unpaired) electrons. The molecule has 1 fully saturated rings. The summed E-state index contributed by atoms with van der Waals surface area (Å²) >= 11 is 1.73. The van der Waals surface area contributed by atoms with E-state index in [9.17, 15) is 9.59 Å². The predicted octanol–water partition coefficient (Wildman–Crippen LogP) is 2.17. The molecule has 1 heterocycles. The minimum Gasteiger partial charge on any atom is -0.369 e. The number of amides is 2. The summed E-state index contributed by atoms with van der Waals surface area (Å²) in [5.74, 6) is -0.400. The second-order valence-electron chi connectivity index (χ2n) is 7.57. The van der Waals surface area contributed by atoms with E-state index in [-0.39, 0.29) is 17.7 Å². The maximum absolute atomic E-state index is 12.4. The van der Waals surface area contributed by atoms with Crippen molar-refractivity contribution in [3.05, 3.63) is 53.6 Å². The zero-order valence-electron chi connectivity index (χ0n) is 16.5. The van der Waals surface area contributed by atoms with Crippen molar-refractivity contribution in [2.24, 2.45) is 11.7 Å². The van der Waals surface area contributed by atoms with Gasteiger partial charge in [-0.1, -0.05) is 23.9 Å². The zero-order chi connectivity index (χ0) is 20.1. The lowest BCUT2D eigenvalue weighted by atomic mass is 9.97. The Morgan fingerprint density at radius 3 is 2.64 bits per heavy atom. The highest BCUT2D eigenvalue weighted by Gasteiger charge is 2.28. The molecule has 1 saturated heterocycles. The van der Waals surface area contributed by atoms with Crippen LogP contribution < -0.4 is 16.0 Å². The summed E-state index contributed by atoms with van der Waals surface area (Å²) in [6.07, 6.45) is 1.76. The molecule has 0 aromatic heterocycles. The third-order valence-electron chi connectivity index (χ3n) is 5.14. The Morgan fingerprint density at radius 1 is 1.18 bits per heavy atom. The molecule has 2 amide bonds. The van der Waals surface area contributed by atoms with Gasteiger partial charge in [0.15, 0.2) is 6.54 Å². The Hall–Kier alpha value is -2.31. The van der Waals surface area contributed by atoms with Crippen LogP contribution in [-0.2, 0) is 9.59 Å². The number of quaternary nitrogens is 1. The second kappa shape index (κ2) is 9.26. The number of piperidine rings is 1. The fourth-order valence-electron chi connectivity index (χ4n) is 3.54. The van der Waals surface area contributed by atoms with E-state index in [2.05, 4.69) is 37.4 Å². The van der Waals surface area contributed by atoms with Crippen molar-refractivity contribution in [1.82, 2.24) is 0 Å². The first kappa shape index (κ1) is 20.4. The monoisotopic (exact) mass is 398 g/mol. The molecule has 1 aliphatic rings. The summed E-state index contributed by atoms with van der Waals surface area (Å²) in [6, 6.07) is 14.4. The smallest absolute Gasteiger partial charge is 0.279 e. The van der Waals surface area contributed by atoms with Crippen LogP contribution in [0.3, 0.4) is 0 Å². The number of aryl methyl sites for hydroxylation is 2. The van der Waals surface area contributed by atoms with Crippen molar-refractivity contribution in [2.45, 2.75) is 36.5 Å². The van der Waals surface area contributed by atoms with E-state index in [4.69, 9.17) is 5.73 Å². The van der Waals surface area contributed by atoms with Gasteiger partial charge in [-0.05, 0) is 68.1 Å². The molecule has 28 heavy (non-hydrogen) atoms. The van der Waals surface area contributed by atoms with Crippen LogP contribution in [-0.4, -0.2) is 31.4 Å². The molecule has 0 saturated carbocycles. The Labute approximate surface area is 170 Å². The number of primary amides is 1. The average Bonchev–Trinajstić information content (AvgIpc) is 2.66. The number of benzene rings is 2. The van der Waals surface area contributed by atoms with Crippen LogP contribution in [0.1, 0.15) is 24.0 Å². The van der Waals surface area contributed by atoms with Crippen molar-refractivity contribution in [3.8, 4) is 0 Å². The van der Waals surface area contributed by atoms with E-state index in [1.165, 1.54) is 16.0 Å². The number of nitrogens with one attached hydrogen (secondary N) is 2. The molecular weight excluding hydrogens is 370 g/mol. The second-order valence-corrected chi connectivity index (χ2v) is 8.68. The molecule has 1 aliphatic heterocycles. The van der Waals surface area contributed by atoms with Crippen LogP contribution in [0.5, 0.6) is 0 Å². The van der Waals surface area contributed by atoms with Gasteiger partial charge in [-0.3, -0.25) is 9.59 Å². The maximum Gasteiger partial charge on any atom is 0.279 e. The lowest BCUT2D eigenvalue weighted by Crippen LogP contribution is -3.14. The van der Waals surface area contributed by atoms with Gasteiger partial charge in [0.05, 0.1) is 19.0 Å². The van der Waals surface area contributed by atoms with E-state index in [0.29, 0.717) is 13.1 Å². The molecule has 0 spiro atoms. The van der Waals surface area contributed by atoms with Gasteiger partial charge in [-0.2, -0.15) is 0 Å². The van der Waals surface area contributed by atoms with Gasteiger partial charge in [0, 0.05) is 15.5 Å². The Bertz CT molecular complexity index is 851. The normalized spacial score (nSPS) is 19.2. The van der Waals surface area contributed by atoms with Gasteiger partial charge in [0.2, 0.25) is 5.91 Å². The van der Waals surface area contributed by atoms with Crippen molar-refractivity contribution >= 4 is 29.3 Å². The van der Waals surface area contributed by atoms with Crippen molar-refractivity contribution < 1.29 is 14.5 Å². The molecule has 4 N–H and O–H groups in total. The molecule has 6 heteroatoms. The highest BCUT2D eigenvalue weighted by atomic mass is 32.2. The standard InChI is InChI=1S/C22H27N3O2S/c1-15-5-6-16(2)20(12-15)28-19-9-7-18(8-10-19)24-21(26)14-25-11-3-4-17(13-25)22(23)27/h5-10,12,17H,3-4,11,13-14H2,1-2H3,(H2,23,27)(H,24,26)/p+1/t17-/m1/s1. The molecule has 3 rings (SSSR count). The van der Waals surface area contributed by atoms with E-state index in [1.807, 2.05) is 24.3 Å². The quantitative estimate of drug-likeness (QED) is 0.698. The van der Waals surface area contributed by atoms with Crippen LogP contribution >= 0.6 is 11.8 Å². The van der Waals surface area contributed by atoms with Gasteiger partial charge in [0.1, 0.15) is 0 Å². The minimum atomic E-state index is -0.255. The molecular formula is C22H28N3O2S+. The SMILES string of the molecule is Cc1ccc(C)c(Sc2ccc(NC(=O)C[NH+]3CCC[C@@H](C(N)=O)C3)cc2)c1. The topological polar surface area (TPSA) is 76.6 Å². The third-order valence-corrected chi connectivity index (χ3v) is 6.31. The first-order valence-electron chi connectivity index (χ1n) is 9.68. The van der Waals surface area contributed by atoms with Crippen LogP contribution in [0.4, 0.5) is 5.69 Å². The molecule has 2 atom stereocenters. The molecule has 148 valence electrons. The summed E-state index contributed by atoms with van der Waals surface area (Å²) in [7, 11) is 0. The number of likely N-dealkylation sites (tertiary alicyclic amines) is 1. The van der Waals surface area contributed by atoms with Gasteiger partial charge < -0.3 is 16.0 Å². The van der Waals surface area contributed by atoms with Crippen LogP contribution in [0, 0.1) is 19.8 Å². The van der Waals surface area contributed by atoms with Crippen LogP contribution in [0.15, 0.2) is 52.3 Å². The number of hydrogen-bond acceptors (Lipinski definition) is 3. The minimum absolute atomic E-state index is 0.0324. The number of carbonyl (C=O) groups excluding carboxylic acids is 2. The fraction of sp³-hybridized carbons (Fsp3) is 0.364. The lowest BCUT2D eigenvalue weighted by molar-refractivity contribution is -0.899. The van der Waals surface area contributed by atoms with Crippen LogP contribution in [0.2, 0.25) is 0 Å². The van der Waals surface area contributed by atoms with Crippen molar-refractivity contribution in [2.75, 3.05) is 25.0 Å². The number of hydrogen-bond donors (Lipinski definition) is 3. The van der Waals surface area contributed by atoms with Gasteiger partial charge in [0.25, 0.3) is 5.91 Å². The highest BCUT2D eigenvalue weighted by Crippen LogP contribution is 2.31. The summed E-state index contributed by atoms with van der Waals surface area (Å²) in [6.45, 7) is 6.12. The zero-order valence-corrected chi connectivity index (χ0v) is 17.3. The fourth-order valence-corrected chi connectivity index (χ4v) is 4.54. The first-order chi connectivity index (χ1) is 13.4. The number of carbonyl (C=O) groups is 2. The first-order valence-corrected chi connectivity index (χ1v) is 10.5. The number of rotatable bonds is 6. The molecule has 1 unspecified atom stereocenters. The van der Waals surface area contributed by atoms with Gasteiger partial charge in [-0.15, -0.1) is 0 Å². The van der Waals surface area contributed by atoms with Gasteiger partial charge in [-0.25, -0.2) is 0 Å². The Balaban J connectivity index is 1.54. The molecule has 0 aliphatic carbocycles. The van der Waals surface area contributed by atoms with Crippen molar-refractivity contribution in [3.63, 3.8) is 0 Å². The lowest BCUT2D eigenvalue weighted by Gasteiger charge is -2.27. The molecule has 5 nitrogen and oxygen atoms in total. The number of nitrogens with two attached hydrogens (primary N) is 1. The molecule has 2 aromatic rings. The molecule has 2 aromatic carbocycles. The van der Waals surface area contributed by atoms with E-state index >= 15 is 0 Å². The van der Waals surface area contributed by atoms with E-state index in [1.54, 1.807) is 11.8 Å². The maximum atomic E-state index is 12.4. The van der Waals surface area contributed by atoms with E-state index in [0.717, 1.165) is 34.9 Å². The summed E-state index contributed by atoms with van der Waals surface area (Å²) in [5.41, 5.74) is 8.71. The molecule has 0 bridgehead atoms. The summed E-state index contributed by atoms with van der Waals surface area (Å²) in [4.78, 5) is 27.2.